The molecule has 0 spiro atoms. The molecule has 7 heteroatoms. The number of allylic oxidation sites excluding steroid dienone is 6. The number of aromatic nitrogens is 2. The molecule has 0 saturated heterocycles. The number of aliphatic hydroxyl groups excluding tert-OH is 1. The van der Waals surface area contributed by atoms with E-state index in [-0.39, 0.29) is 17.0 Å². The number of nitrogens with zero attached hydrogens (tertiary/aromatic N) is 1. The van der Waals surface area contributed by atoms with E-state index < -0.39 is 6.29 Å². The molecule has 3 N–H and O–H groups in total. The number of thioether (sulfide) groups is 2. The van der Waals surface area contributed by atoms with Crippen molar-refractivity contribution in [3.8, 4) is 0 Å². The molecule has 126 valence electrons. The topological polar surface area (TPSA) is 69.1 Å². The van der Waals surface area contributed by atoms with Gasteiger partial charge < -0.3 is 15.2 Å². The Morgan fingerprint density at radius 3 is 3.00 bits per heavy atom. The second-order valence-electron chi connectivity index (χ2n) is 5.95. The second kappa shape index (κ2) is 6.77. The van der Waals surface area contributed by atoms with Crippen LogP contribution in [0.3, 0.4) is 0 Å². The minimum Gasteiger partial charge on any atom is -0.367 e. The molecule has 2 heterocycles. The van der Waals surface area contributed by atoms with Crippen molar-refractivity contribution in [3.63, 3.8) is 0 Å². The van der Waals surface area contributed by atoms with E-state index in [4.69, 9.17) is 21.8 Å². The predicted molar refractivity (Wildman–Crippen MR) is 99.9 cm³/mol. The fourth-order valence-corrected chi connectivity index (χ4v) is 5.43. The summed E-state index contributed by atoms with van der Waals surface area (Å²) in [5.74, 6) is 0.800. The number of alkyl halides is 1. The SMILES string of the molecule is OC(O)CSc1nc2c([nH]1)=CC(Cl)C(C1=CC3CC=CC=C3S1)C=2. The lowest BCUT2D eigenvalue weighted by Crippen LogP contribution is -2.33. The molecule has 24 heavy (non-hydrogen) atoms. The number of aromatic amines is 1. The molecule has 1 aliphatic heterocycles. The van der Waals surface area contributed by atoms with Gasteiger partial charge in [0.15, 0.2) is 11.4 Å². The summed E-state index contributed by atoms with van der Waals surface area (Å²) in [7, 11) is 0. The first kappa shape index (κ1) is 16.5. The lowest BCUT2D eigenvalue weighted by atomic mass is 9.95. The van der Waals surface area contributed by atoms with Gasteiger partial charge in [0.25, 0.3) is 0 Å². The van der Waals surface area contributed by atoms with Crippen molar-refractivity contribution < 1.29 is 10.2 Å². The van der Waals surface area contributed by atoms with Gasteiger partial charge in [-0.05, 0) is 28.4 Å². The van der Waals surface area contributed by atoms with Crippen molar-refractivity contribution in [2.24, 2.45) is 11.8 Å². The number of aliphatic hydroxyl groups is 2. The van der Waals surface area contributed by atoms with E-state index in [2.05, 4.69) is 40.3 Å². The highest BCUT2D eigenvalue weighted by Gasteiger charge is 2.31. The minimum atomic E-state index is -1.34. The zero-order valence-electron chi connectivity index (χ0n) is 12.7. The fraction of sp³-hybridized carbons (Fsp3) is 0.353. The zero-order chi connectivity index (χ0) is 16.7. The first-order valence-corrected chi connectivity index (χ1v) is 10.0. The lowest BCUT2D eigenvalue weighted by Gasteiger charge is -2.18. The molecule has 1 aromatic rings. The molecule has 1 aromatic heterocycles. The average Bonchev–Trinajstić information content (AvgIpc) is 3.14. The normalized spacial score (nSPS) is 27.9. The number of hydrogen-bond acceptors (Lipinski definition) is 5. The van der Waals surface area contributed by atoms with Gasteiger partial charge in [-0.15, -0.1) is 11.6 Å². The van der Waals surface area contributed by atoms with Crippen LogP contribution in [-0.4, -0.2) is 37.6 Å². The molecule has 0 saturated carbocycles. The Balaban J connectivity index is 1.60. The highest BCUT2D eigenvalue weighted by atomic mass is 35.5. The van der Waals surface area contributed by atoms with E-state index in [1.165, 1.54) is 21.6 Å². The lowest BCUT2D eigenvalue weighted by molar-refractivity contribution is -0.0186. The van der Waals surface area contributed by atoms with Gasteiger partial charge in [0, 0.05) is 11.8 Å². The second-order valence-corrected chi connectivity index (χ2v) is 8.61. The third-order valence-electron chi connectivity index (χ3n) is 4.20. The number of fused-ring (bicyclic) bond motifs is 2. The standard InChI is InChI=1S/C17H17ClN2O2S2/c18-11-7-13-12(19-17(20-13)23-8-16(21)22)6-10(11)15-5-9-3-1-2-4-14(9)24-15/h1-2,4-7,9-11,16,21-22H,3,8H2,(H,19,20). The number of imidazole rings is 1. The summed E-state index contributed by atoms with van der Waals surface area (Å²) in [4.78, 5) is 10.4. The number of halogens is 1. The average molecular weight is 381 g/mol. The number of H-pyrrole nitrogens is 1. The smallest absolute Gasteiger partial charge is 0.166 e. The van der Waals surface area contributed by atoms with Crippen LogP contribution in [0.4, 0.5) is 0 Å². The number of nitrogens with one attached hydrogen (secondary N) is 1. The van der Waals surface area contributed by atoms with Gasteiger partial charge in [-0.3, -0.25) is 0 Å². The summed E-state index contributed by atoms with van der Waals surface area (Å²) in [5, 5.41) is 20.3. The highest BCUT2D eigenvalue weighted by Crippen LogP contribution is 2.48. The Morgan fingerprint density at radius 1 is 1.33 bits per heavy atom. The van der Waals surface area contributed by atoms with Crippen molar-refractivity contribution in [2.75, 3.05) is 5.75 Å². The Kier molecular flexibility index (Phi) is 4.66. The summed E-state index contributed by atoms with van der Waals surface area (Å²) >= 11 is 9.73. The third kappa shape index (κ3) is 3.26. The van der Waals surface area contributed by atoms with Crippen LogP contribution in [0.2, 0.25) is 0 Å². The molecule has 2 aliphatic carbocycles. The molecule has 0 aromatic carbocycles. The Labute approximate surface area is 153 Å². The quantitative estimate of drug-likeness (QED) is 0.421. The minimum absolute atomic E-state index is 0.119. The van der Waals surface area contributed by atoms with Crippen LogP contribution < -0.4 is 10.7 Å². The van der Waals surface area contributed by atoms with Crippen molar-refractivity contribution in [2.45, 2.75) is 23.2 Å². The summed E-state index contributed by atoms with van der Waals surface area (Å²) in [6, 6.07) is 0. The molecule has 0 amide bonds. The summed E-state index contributed by atoms with van der Waals surface area (Å²) in [6.07, 6.45) is 12.7. The molecular weight excluding hydrogens is 364 g/mol. The molecule has 0 bridgehead atoms. The van der Waals surface area contributed by atoms with Gasteiger partial charge in [0.2, 0.25) is 0 Å². The monoisotopic (exact) mass is 380 g/mol. The predicted octanol–water partition coefficient (Wildman–Crippen LogP) is 1.70. The van der Waals surface area contributed by atoms with E-state index in [1.54, 1.807) is 0 Å². The van der Waals surface area contributed by atoms with Crippen LogP contribution in [0.5, 0.6) is 0 Å². The number of rotatable bonds is 4. The van der Waals surface area contributed by atoms with E-state index in [0.29, 0.717) is 11.1 Å². The molecule has 4 rings (SSSR count). The molecule has 3 atom stereocenters. The summed E-state index contributed by atoms with van der Waals surface area (Å²) in [6.45, 7) is 0. The first-order valence-electron chi connectivity index (χ1n) is 7.79. The molecule has 3 aliphatic rings. The van der Waals surface area contributed by atoms with E-state index >= 15 is 0 Å². The van der Waals surface area contributed by atoms with Crippen molar-refractivity contribution in [3.05, 3.63) is 44.8 Å². The van der Waals surface area contributed by atoms with Gasteiger partial charge in [-0.1, -0.05) is 47.8 Å². The van der Waals surface area contributed by atoms with Gasteiger partial charge >= 0.3 is 0 Å². The van der Waals surface area contributed by atoms with Gasteiger partial charge in [-0.25, -0.2) is 4.98 Å². The van der Waals surface area contributed by atoms with Crippen molar-refractivity contribution in [1.82, 2.24) is 9.97 Å². The Hall–Kier alpha value is -0.920. The number of hydrogen-bond donors (Lipinski definition) is 3. The van der Waals surface area contributed by atoms with Gasteiger partial charge in [0.1, 0.15) is 0 Å². The third-order valence-corrected chi connectivity index (χ3v) is 6.84. The largest absolute Gasteiger partial charge is 0.367 e. The van der Waals surface area contributed by atoms with Gasteiger partial charge in [-0.2, -0.15) is 0 Å². The molecule has 3 unspecified atom stereocenters. The Morgan fingerprint density at radius 2 is 2.21 bits per heavy atom. The fourth-order valence-electron chi connectivity index (χ4n) is 3.05. The van der Waals surface area contributed by atoms with E-state index in [9.17, 15) is 0 Å². The molecule has 4 nitrogen and oxygen atoms in total. The molecular formula is C17H17ClN2O2S2. The van der Waals surface area contributed by atoms with Crippen LogP contribution in [0.15, 0.2) is 39.3 Å². The zero-order valence-corrected chi connectivity index (χ0v) is 15.1. The summed E-state index contributed by atoms with van der Waals surface area (Å²) in [5.41, 5.74) is 0. The maximum Gasteiger partial charge on any atom is 0.166 e. The van der Waals surface area contributed by atoms with Crippen molar-refractivity contribution >= 4 is 47.3 Å². The maximum absolute atomic E-state index is 8.98. The first-order chi connectivity index (χ1) is 11.6. The highest BCUT2D eigenvalue weighted by molar-refractivity contribution is 8.07. The summed E-state index contributed by atoms with van der Waals surface area (Å²) < 4.78 is 0. The van der Waals surface area contributed by atoms with Crippen LogP contribution in [0.25, 0.3) is 12.2 Å². The maximum atomic E-state index is 8.98. The molecule has 0 fully saturated rings. The van der Waals surface area contributed by atoms with E-state index in [1.807, 2.05) is 17.8 Å². The molecule has 0 radical (unpaired) electrons. The Bertz CT molecular complexity index is 856. The van der Waals surface area contributed by atoms with Gasteiger partial charge in [0.05, 0.1) is 21.8 Å². The van der Waals surface area contributed by atoms with Crippen molar-refractivity contribution in [1.29, 1.82) is 0 Å². The van der Waals surface area contributed by atoms with Crippen LogP contribution in [0, 0.1) is 11.8 Å². The van der Waals surface area contributed by atoms with Crippen LogP contribution in [-0.2, 0) is 0 Å². The van der Waals surface area contributed by atoms with Crippen LogP contribution >= 0.6 is 35.1 Å². The van der Waals surface area contributed by atoms with Crippen LogP contribution in [0.1, 0.15) is 6.42 Å². The van der Waals surface area contributed by atoms with E-state index in [0.717, 1.165) is 17.1 Å².